The van der Waals surface area contributed by atoms with E-state index in [1.165, 1.54) is 0 Å². The van der Waals surface area contributed by atoms with Crippen LogP contribution < -0.4 is 0 Å². The van der Waals surface area contributed by atoms with Crippen molar-refractivity contribution in [3.05, 3.63) is 88.2 Å². The first-order valence-electron chi connectivity index (χ1n) is 12.4. The predicted octanol–water partition coefficient (Wildman–Crippen LogP) is 6.26. The zero-order valence-corrected chi connectivity index (χ0v) is 21.7. The lowest BCUT2D eigenvalue weighted by Gasteiger charge is -2.31. The fraction of sp³-hybridized carbons (Fsp3) is 0.276. The van der Waals surface area contributed by atoms with E-state index in [4.69, 9.17) is 4.42 Å². The summed E-state index contributed by atoms with van der Waals surface area (Å²) < 4.78 is 8.83. The van der Waals surface area contributed by atoms with Gasteiger partial charge in [0.05, 0.1) is 24.0 Å². The highest BCUT2D eigenvalue weighted by Gasteiger charge is 2.24. The number of benzene rings is 3. The summed E-state index contributed by atoms with van der Waals surface area (Å²) in [5, 5.41) is 10.9. The van der Waals surface area contributed by atoms with E-state index in [1.807, 2.05) is 52.2 Å². The van der Waals surface area contributed by atoms with Gasteiger partial charge in [-0.05, 0) is 79.6 Å². The minimum absolute atomic E-state index is 0.192. The number of fused-ring (bicyclic) bond motifs is 3. The highest BCUT2D eigenvalue weighted by molar-refractivity contribution is 9.10. The van der Waals surface area contributed by atoms with Gasteiger partial charge in [-0.1, -0.05) is 45.4 Å². The lowest BCUT2D eigenvalue weighted by atomic mass is 9.92. The molecule has 7 heteroatoms. The number of aromatic nitrogens is 3. The third-order valence-electron chi connectivity index (χ3n) is 7.21. The molecule has 0 atom stereocenters. The molecule has 0 bridgehead atoms. The van der Waals surface area contributed by atoms with Crippen LogP contribution in [0.5, 0.6) is 0 Å². The largest absolute Gasteiger partial charge is 0.456 e. The molecule has 1 saturated heterocycles. The summed E-state index contributed by atoms with van der Waals surface area (Å²) >= 11 is 3.51. The van der Waals surface area contributed by atoms with Crippen LogP contribution in [-0.2, 0) is 17.6 Å². The maximum atomic E-state index is 13.1. The predicted molar refractivity (Wildman–Crippen MR) is 144 cm³/mol. The number of aryl methyl sites for hydroxylation is 1. The minimum Gasteiger partial charge on any atom is -0.456 e. The minimum atomic E-state index is 0.192. The highest BCUT2D eigenvalue weighted by Crippen LogP contribution is 2.30. The van der Waals surface area contributed by atoms with Crippen LogP contribution in [-0.4, -0.2) is 38.9 Å². The van der Waals surface area contributed by atoms with Gasteiger partial charge in [-0.3, -0.25) is 4.79 Å². The Balaban J connectivity index is 1.06. The number of amides is 1. The molecular formula is C29H27BrN4O2. The first-order chi connectivity index (χ1) is 17.5. The molecule has 0 N–H and O–H groups in total. The van der Waals surface area contributed by atoms with E-state index in [9.17, 15) is 4.79 Å². The monoisotopic (exact) mass is 542 g/mol. The Morgan fingerprint density at radius 2 is 1.83 bits per heavy atom. The summed E-state index contributed by atoms with van der Waals surface area (Å²) in [5.74, 6) is 0.705. The van der Waals surface area contributed by atoms with Gasteiger partial charge < -0.3 is 9.32 Å². The maximum Gasteiger partial charge on any atom is 0.226 e. The van der Waals surface area contributed by atoms with Crippen LogP contribution in [0.3, 0.4) is 0 Å². The van der Waals surface area contributed by atoms with Crippen molar-refractivity contribution in [2.45, 2.75) is 32.6 Å². The number of para-hydroxylation sites is 1. The van der Waals surface area contributed by atoms with Crippen molar-refractivity contribution in [3.63, 3.8) is 0 Å². The van der Waals surface area contributed by atoms with Gasteiger partial charge in [0.1, 0.15) is 11.2 Å². The molecule has 0 aliphatic carbocycles. The number of piperidine rings is 1. The molecule has 0 spiro atoms. The van der Waals surface area contributed by atoms with Gasteiger partial charge in [0.2, 0.25) is 5.91 Å². The molecule has 1 amide bonds. The highest BCUT2D eigenvalue weighted by atomic mass is 79.9. The number of carbonyl (C=O) groups is 1. The van der Waals surface area contributed by atoms with Crippen LogP contribution in [0.4, 0.5) is 0 Å². The first-order valence-corrected chi connectivity index (χ1v) is 13.2. The molecule has 36 heavy (non-hydrogen) atoms. The van der Waals surface area contributed by atoms with Gasteiger partial charge in [0, 0.05) is 28.3 Å². The van der Waals surface area contributed by atoms with Crippen molar-refractivity contribution in [1.29, 1.82) is 0 Å². The Hall–Kier alpha value is -3.45. The van der Waals surface area contributed by atoms with Crippen molar-refractivity contribution >= 4 is 43.8 Å². The SMILES string of the molecule is Cc1cc(Br)ccc1-n1cc(CC2CCN(C(=O)Cc3ccc4oc5ccccc5c4c3)CC2)nn1. The third kappa shape index (κ3) is 4.55. The molecule has 3 heterocycles. The molecule has 1 aliphatic heterocycles. The van der Waals surface area contributed by atoms with E-state index in [0.29, 0.717) is 12.3 Å². The Bertz CT molecular complexity index is 1560. The van der Waals surface area contributed by atoms with Gasteiger partial charge in [-0.15, -0.1) is 5.10 Å². The normalized spacial score (nSPS) is 14.7. The fourth-order valence-corrected chi connectivity index (χ4v) is 5.71. The van der Waals surface area contributed by atoms with Gasteiger partial charge in [0.15, 0.2) is 0 Å². The molecule has 5 aromatic rings. The molecule has 3 aromatic carbocycles. The van der Waals surface area contributed by atoms with Gasteiger partial charge in [-0.25, -0.2) is 4.68 Å². The van der Waals surface area contributed by atoms with Crippen LogP contribution in [0.1, 0.15) is 29.7 Å². The number of hydrogen-bond acceptors (Lipinski definition) is 4. The third-order valence-corrected chi connectivity index (χ3v) is 7.70. The lowest BCUT2D eigenvalue weighted by Crippen LogP contribution is -2.39. The van der Waals surface area contributed by atoms with E-state index >= 15 is 0 Å². The second-order valence-corrected chi connectivity index (χ2v) is 10.6. The number of rotatable bonds is 5. The molecule has 2 aromatic heterocycles. The Kier molecular flexibility index (Phi) is 6.09. The molecule has 1 aliphatic rings. The molecule has 6 nitrogen and oxygen atoms in total. The summed E-state index contributed by atoms with van der Waals surface area (Å²) in [4.78, 5) is 15.1. The van der Waals surface area contributed by atoms with Crippen molar-refractivity contribution < 1.29 is 9.21 Å². The summed E-state index contributed by atoms with van der Waals surface area (Å²) in [5.41, 5.74) is 5.96. The quantitative estimate of drug-likeness (QED) is 0.263. The number of carbonyl (C=O) groups excluding carboxylic acids is 1. The van der Waals surface area contributed by atoms with Crippen LogP contribution >= 0.6 is 15.9 Å². The van der Waals surface area contributed by atoms with Crippen LogP contribution in [0, 0.1) is 12.8 Å². The van der Waals surface area contributed by atoms with Gasteiger partial charge >= 0.3 is 0 Å². The second-order valence-electron chi connectivity index (χ2n) is 9.72. The van der Waals surface area contributed by atoms with Crippen LogP contribution in [0.25, 0.3) is 27.6 Å². The summed E-state index contributed by atoms with van der Waals surface area (Å²) in [6.07, 6.45) is 5.31. The van der Waals surface area contributed by atoms with Crippen LogP contribution in [0.15, 0.2) is 75.8 Å². The molecule has 0 unspecified atom stereocenters. The molecule has 182 valence electrons. The molecule has 0 radical (unpaired) electrons. The Labute approximate surface area is 218 Å². The smallest absolute Gasteiger partial charge is 0.226 e. The van der Waals surface area contributed by atoms with Crippen molar-refractivity contribution in [3.8, 4) is 5.69 Å². The lowest BCUT2D eigenvalue weighted by molar-refractivity contribution is -0.131. The van der Waals surface area contributed by atoms with Gasteiger partial charge in [-0.2, -0.15) is 0 Å². The topological polar surface area (TPSA) is 64.2 Å². The number of hydrogen-bond donors (Lipinski definition) is 0. The number of halogens is 1. The molecular weight excluding hydrogens is 516 g/mol. The molecule has 0 saturated carbocycles. The molecule has 1 fully saturated rings. The van der Waals surface area contributed by atoms with Crippen molar-refractivity contribution in [2.75, 3.05) is 13.1 Å². The van der Waals surface area contributed by atoms with E-state index in [-0.39, 0.29) is 5.91 Å². The van der Waals surface area contributed by atoms with E-state index < -0.39 is 0 Å². The fourth-order valence-electron chi connectivity index (χ4n) is 5.24. The maximum absolute atomic E-state index is 13.1. The first kappa shape index (κ1) is 23.0. The average Bonchev–Trinajstić information content (AvgIpc) is 3.49. The second kappa shape index (κ2) is 9.54. The van der Waals surface area contributed by atoms with Crippen molar-refractivity contribution in [1.82, 2.24) is 19.9 Å². The summed E-state index contributed by atoms with van der Waals surface area (Å²) in [7, 11) is 0. The Morgan fingerprint density at radius 1 is 1.03 bits per heavy atom. The van der Waals surface area contributed by atoms with Crippen LogP contribution in [0.2, 0.25) is 0 Å². The van der Waals surface area contributed by atoms with Gasteiger partial charge in [0.25, 0.3) is 0 Å². The zero-order valence-electron chi connectivity index (χ0n) is 20.2. The van der Waals surface area contributed by atoms with E-state index in [1.54, 1.807) is 0 Å². The molecule has 6 rings (SSSR count). The summed E-state index contributed by atoms with van der Waals surface area (Å²) in [6, 6.07) is 20.3. The van der Waals surface area contributed by atoms with Crippen molar-refractivity contribution in [2.24, 2.45) is 5.92 Å². The number of likely N-dealkylation sites (tertiary alicyclic amines) is 1. The number of furan rings is 1. The Morgan fingerprint density at radius 3 is 2.67 bits per heavy atom. The summed E-state index contributed by atoms with van der Waals surface area (Å²) in [6.45, 7) is 3.66. The van der Waals surface area contributed by atoms with E-state index in [2.05, 4.69) is 57.4 Å². The average molecular weight is 543 g/mol. The van der Waals surface area contributed by atoms with E-state index in [0.717, 1.165) is 81.3 Å². The zero-order chi connectivity index (χ0) is 24.6. The number of nitrogens with zero attached hydrogens (tertiary/aromatic N) is 4. The standard InChI is InChI=1S/C29H27BrN4O2/c1-19-14-22(30)7-8-26(19)34-18-23(31-32-34)15-20-10-12-33(13-11-20)29(35)17-21-6-9-28-25(16-21)24-4-2-3-5-27(24)36-28/h2-9,14,16,18,20H,10-13,15,17H2,1H3.